The van der Waals surface area contributed by atoms with Gasteiger partial charge in [0.15, 0.2) is 0 Å². The number of nitrogens with one attached hydrogen (secondary N) is 2. The molecule has 1 unspecified atom stereocenters. The first-order chi connectivity index (χ1) is 20.0. The van der Waals surface area contributed by atoms with Gasteiger partial charge in [0.2, 0.25) is 5.91 Å². The van der Waals surface area contributed by atoms with Gasteiger partial charge in [-0.25, -0.2) is 0 Å². The van der Waals surface area contributed by atoms with Crippen molar-refractivity contribution in [2.75, 3.05) is 92.1 Å². The van der Waals surface area contributed by atoms with Gasteiger partial charge in [0.1, 0.15) is 5.78 Å². The Kier molecular flexibility index (Phi) is 25.7. The van der Waals surface area contributed by atoms with Gasteiger partial charge in [-0.15, -0.1) is 0 Å². The van der Waals surface area contributed by atoms with Gasteiger partial charge in [0.25, 0.3) is 0 Å². The minimum atomic E-state index is -1.01. The number of carbonyl (C=O) groups excluding carboxylic acids is 2. The molecular formula is C28H56N6O8. The van der Waals surface area contributed by atoms with Crippen LogP contribution in [0.5, 0.6) is 0 Å². The Hall–Kier alpha value is -2.65. The molecule has 0 aromatic heterocycles. The topological polar surface area (TPSA) is 183 Å². The average molecular weight is 605 g/mol. The molecule has 1 rings (SSSR count). The largest absolute Gasteiger partial charge is 0.480 e. The number of ketones is 1. The van der Waals surface area contributed by atoms with Crippen molar-refractivity contribution in [3.05, 3.63) is 0 Å². The Labute approximate surface area is 251 Å². The molecular weight excluding hydrogens is 548 g/mol. The summed E-state index contributed by atoms with van der Waals surface area (Å²) >= 11 is 0. The number of nitrogens with zero attached hydrogens (tertiary/aromatic N) is 4. The van der Waals surface area contributed by atoms with Crippen LogP contribution in [0.1, 0.15) is 53.9 Å². The number of rotatable bonds is 15. The minimum absolute atomic E-state index is 0.0790. The molecule has 0 aromatic carbocycles. The molecule has 42 heavy (non-hydrogen) atoms. The van der Waals surface area contributed by atoms with Gasteiger partial charge in [0, 0.05) is 58.9 Å². The van der Waals surface area contributed by atoms with E-state index < -0.39 is 17.9 Å². The predicted molar refractivity (Wildman–Crippen MR) is 162 cm³/mol. The second-order valence-electron chi connectivity index (χ2n) is 9.58. The van der Waals surface area contributed by atoms with Gasteiger partial charge < -0.3 is 26.0 Å². The highest BCUT2D eigenvalue weighted by molar-refractivity contribution is 5.81. The van der Waals surface area contributed by atoms with Crippen LogP contribution in [0.3, 0.4) is 0 Å². The number of hydrogen-bond donors (Lipinski definition) is 5. The first-order valence-corrected chi connectivity index (χ1v) is 15.0. The fourth-order valence-corrected chi connectivity index (χ4v) is 4.30. The molecule has 1 heterocycles. The Morgan fingerprint density at radius 3 is 1.24 bits per heavy atom. The fourth-order valence-electron chi connectivity index (χ4n) is 4.30. The smallest absolute Gasteiger partial charge is 0.317 e. The van der Waals surface area contributed by atoms with Crippen molar-refractivity contribution < 1.29 is 39.3 Å². The lowest BCUT2D eigenvalue weighted by molar-refractivity contribution is -0.140. The third kappa shape index (κ3) is 22.0. The van der Waals surface area contributed by atoms with Crippen LogP contribution in [0.4, 0.5) is 0 Å². The monoisotopic (exact) mass is 604 g/mol. The van der Waals surface area contributed by atoms with E-state index in [1.807, 2.05) is 32.6 Å². The quantitative estimate of drug-likeness (QED) is 0.157. The first-order valence-electron chi connectivity index (χ1n) is 15.0. The van der Waals surface area contributed by atoms with E-state index in [1.54, 1.807) is 28.7 Å². The highest BCUT2D eigenvalue weighted by atomic mass is 16.4. The molecule has 0 aliphatic carbocycles. The Morgan fingerprint density at radius 2 is 0.952 bits per heavy atom. The van der Waals surface area contributed by atoms with E-state index in [0.717, 1.165) is 12.8 Å². The zero-order valence-corrected chi connectivity index (χ0v) is 26.6. The summed E-state index contributed by atoms with van der Waals surface area (Å²) in [6.45, 7) is 12.2. The minimum Gasteiger partial charge on any atom is -0.480 e. The summed E-state index contributed by atoms with van der Waals surface area (Å²) in [6, 6.07) is -0.188. The van der Waals surface area contributed by atoms with E-state index in [1.165, 1.54) is 0 Å². The number of Topliss-reactive ketones (excluding diaryl/α,β-unsaturated/α-hetero) is 1. The molecule has 0 spiro atoms. The second-order valence-corrected chi connectivity index (χ2v) is 9.58. The number of carboxylic acid groups (broad SMARTS) is 3. The number of amides is 1. The van der Waals surface area contributed by atoms with Crippen LogP contribution >= 0.6 is 0 Å². The lowest BCUT2D eigenvalue weighted by atomic mass is 10.1. The van der Waals surface area contributed by atoms with Crippen molar-refractivity contribution in [2.45, 2.75) is 59.9 Å². The second kappa shape index (κ2) is 26.0. The lowest BCUT2D eigenvalue weighted by Gasteiger charge is -2.32. The Bertz CT molecular complexity index is 753. The van der Waals surface area contributed by atoms with Crippen molar-refractivity contribution in [3.8, 4) is 0 Å². The summed E-state index contributed by atoms with van der Waals surface area (Å²) < 4.78 is 0. The Morgan fingerprint density at radius 1 is 0.619 bits per heavy atom. The summed E-state index contributed by atoms with van der Waals surface area (Å²) in [7, 11) is 1.74. The molecule has 0 radical (unpaired) electrons. The predicted octanol–water partition coefficient (Wildman–Crippen LogP) is -0.0223. The van der Waals surface area contributed by atoms with E-state index in [2.05, 4.69) is 10.6 Å². The number of unbranched alkanes of at least 4 members (excludes halogenated alkanes) is 1. The third-order valence-electron chi connectivity index (χ3n) is 6.45. The van der Waals surface area contributed by atoms with Crippen molar-refractivity contribution in [3.63, 3.8) is 0 Å². The van der Waals surface area contributed by atoms with Crippen LogP contribution < -0.4 is 10.6 Å². The first kappa shape index (κ1) is 41.5. The number of hydrogen-bond acceptors (Lipinski definition) is 10. The summed E-state index contributed by atoms with van der Waals surface area (Å²) in [4.78, 5) is 65.1. The summed E-state index contributed by atoms with van der Waals surface area (Å²) in [5.41, 5.74) is 0. The standard InChI is InChI=1S/C24H44N6O8.2C2H6/c1-19(31)20(25-2)5-3-4-6-26-21(32)15-27-7-9-28(16-22(33)34)11-13-30(18-24(37)38)14-12-29(10-8-27)17-23(35)36;2*1-2/h20,25H,3-18H2,1-2H3,(H,26,32)(H,33,34)(H,35,36)(H,37,38);2*1-2H3. The van der Waals surface area contributed by atoms with Crippen molar-refractivity contribution >= 4 is 29.6 Å². The maximum atomic E-state index is 12.6. The van der Waals surface area contributed by atoms with E-state index in [-0.39, 0.29) is 43.9 Å². The van der Waals surface area contributed by atoms with E-state index in [0.29, 0.717) is 65.3 Å². The summed E-state index contributed by atoms with van der Waals surface area (Å²) in [5, 5.41) is 33.7. The molecule has 246 valence electrons. The van der Waals surface area contributed by atoms with Crippen LogP contribution in [-0.4, -0.2) is 163 Å². The number of aliphatic carboxylic acids is 3. The molecule has 1 amide bonds. The van der Waals surface area contributed by atoms with Crippen LogP contribution in [-0.2, 0) is 24.0 Å². The molecule has 1 aliphatic rings. The average Bonchev–Trinajstić information content (AvgIpc) is 2.93. The van der Waals surface area contributed by atoms with E-state index in [9.17, 15) is 39.3 Å². The highest BCUT2D eigenvalue weighted by Crippen LogP contribution is 2.03. The molecule has 0 aromatic rings. The van der Waals surface area contributed by atoms with Gasteiger partial charge in [-0.05, 0) is 33.2 Å². The summed E-state index contributed by atoms with van der Waals surface area (Å²) in [5.74, 6) is -3.11. The number of carbonyl (C=O) groups is 5. The zero-order valence-electron chi connectivity index (χ0n) is 26.6. The van der Waals surface area contributed by atoms with Gasteiger partial charge >= 0.3 is 17.9 Å². The molecule has 0 bridgehead atoms. The highest BCUT2D eigenvalue weighted by Gasteiger charge is 2.21. The van der Waals surface area contributed by atoms with Gasteiger partial charge in [0.05, 0.1) is 32.2 Å². The van der Waals surface area contributed by atoms with Gasteiger partial charge in [-0.1, -0.05) is 27.7 Å². The van der Waals surface area contributed by atoms with Crippen LogP contribution in [0.15, 0.2) is 0 Å². The molecule has 1 atom stereocenters. The molecule has 1 fully saturated rings. The molecule has 1 aliphatic heterocycles. The van der Waals surface area contributed by atoms with E-state index >= 15 is 0 Å². The van der Waals surface area contributed by atoms with Crippen molar-refractivity contribution in [2.24, 2.45) is 0 Å². The number of likely N-dealkylation sites (N-methyl/N-ethyl adjacent to an activating group) is 1. The fraction of sp³-hybridized carbons (Fsp3) is 0.821. The molecule has 14 nitrogen and oxygen atoms in total. The van der Waals surface area contributed by atoms with Crippen LogP contribution in [0.25, 0.3) is 0 Å². The maximum Gasteiger partial charge on any atom is 0.317 e. The van der Waals surface area contributed by atoms with Crippen molar-refractivity contribution in [1.82, 2.24) is 30.2 Å². The third-order valence-corrected chi connectivity index (χ3v) is 6.45. The Balaban J connectivity index is 0. The normalized spacial score (nSPS) is 16.7. The molecule has 1 saturated heterocycles. The molecule has 5 N–H and O–H groups in total. The maximum absolute atomic E-state index is 12.6. The lowest BCUT2D eigenvalue weighted by Crippen LogP contribution is -2.49. The molecule has 14 heteroatoms. The molecule has 0 saturated carbocycles. The SMILES string of the molecule is CC.CC.CNC(CCCCNC(=O)CN1CCN(CC(=O)O)CCN(CC(=O)O)CCN(CC(=O)O)CC1)C(C)=O. The van der Waals surface area contributed by atoms with Gasteiger partial charge in [-0.3, -0.25) is 43.6 Å². The summed E-state index contributed by atoms with van der Waals surface area (Å²) in [6.07, 6.45) is 2.20. The van der Waals surface area contributed by atoms with E-state index in [4.69, 9.17) is 0 Å². The van der Waals surface area contributed by atoms with Crippen molar-refractivity contribution in [1.29, 1.82) is 0 Å². The zero-order chi connectivity index (χ0) is 32.5. The number of carboxylic acids is 3. The van der Waals surface area contributed by atoms with Crippen LogP contribution in [0, 0.1) is 0 Å². The van der Waals surface area contributed by atoms with Gasteiger partial charge in [-0.2, -0.15) is 0 Å². The van der Waals surface area contributed by atoms with Crippen LogP contribution in [0.2, 0.25) is 0 Å².